The van der Waals surface area contributed by atoms with E-state index in [0.29, 0.717) is 0 Å². The third-order valence-electron chi connectivity index (χ3n) is 1.06. The van der Waals surface area contributed by atoms with Gasteiger partial charge in [-0.15, -0.1) is 0 Å². The second kappa shape index (κ2) is 6.88. The Morgan fingerprint density at radius 3 is 2.00 bits per heavy atom. The summed E-state index contributed by atoms with van der Waals surface area (Å²) < 4.78 is 0. The van der Waals surface area contributed by atoms with Gasteiger partial charge in [0, 0.05) is 12.1 Å². The molecule has 0 spiro atoms. The van der Waals surface area contributed by atoms with E-state index in [2.05, 4.69) is 0 Å². The molecule has 0 amide bonds. The molecule has 4 nitrogen and oxygen atoms in total. The molecule has 0 atom stereocenters. The van der Waals surface area contributed by atoms with Crippen LogP contribution in [0.15, 0.2) is 24.3 Å². The maximum atomic E-state index is 10.0. The van der Waals surface area contributed by atoms with E-state index in [1.54, 1.807) is 0 Å². The molecule has 0 fully saturated rings. The van der Waals surface area contributed by atoms with Crippen LogP contribution in [0, 0.1) is 10.1 Å². The fraction of sp³-hybridized carbons (Fsp3) is 0. The molecule has 12 heavy (non-hydrogen) atoms. The van der Waals surface area contributed by atoms with Crippen LogP contribution in [0.25, 0.3) is 0 Å². The molecule has 0 unspecified atom stereocenters. The molecular weight excluding hydrogens is 180 g/mol. The van der Waals surface area contributed by atoms with Crippen molar-refractivity contribution in [3.8, 4) is 5.75 Å². The van der Waals surface area contributed by atoms with Gasteiger partial charge in [-0.05, 0) is 12.1 Å². The molecule has 56 valence electrons. The van der Waals surface area contributed by atoms with Gasteiger partial charge in [-0.2, -0.15) is 0 Å². The summed E-state index contributed by atoms with van der Waals surface area (Å²) in [6.45, 7) is 0. The van der Waals surface area contributed by atoms with Gasteiger partial charge in [-0.25, -0.2) is 0 Å². The number of nitro groups is 1. The molecule has 6 heteroatoms. The van der Waals surface area contributed by atoms with Crippen molar-refractivity contribution in [2.75, 3.05) is 0 Å². The molecule has 1 N–H and O–H groups in total. The molecule has 0 aliphatic rings. The molecule has 0 saturated carbocycles. The molecule has 0 aliphatic carbocycles. The Morgan fingerprint density at radius 1 is 1.25 bits per heavy atom. The van der Waals surface area contributed by atoms with Crippen LogP contribution in [0.2, 0.25) is 0 Å². The van der Waals surface area contributed by atoms with Gasteiger partial charge in [-0.1, -0.05) is 0 Å². The van der Waals surface area contributed by atoms with E-state index in [1.165, 1.54) is 24.3 Å². The molecule has 1 rings (SSSR count). The summed E-state index contributed by atoms with van der Waals surface area (Å²) in [5.41, 5.74) is -0.0159. The molecule has 0 heterocycles. The maximum absolute atomic E-state index is 10.0. The van der Waals surface area contributed by atoms with E-state index in [1.807, 2.05) is 0 Å². The third kappa shape index (κ3) is 4.45. The first-order chi connectivity index (χ1) is 4.70. The first kappa shape index (κ1) is 14.9. The second-order valence-corrected chi connectivity index (χ2v) is 1.77. The van der Waals surface area contributed by atoms with Crippen LogP contribution in [0.3, 0.4) is 0 Å². The quantitative estimate of drug-likeness (QED) is 0.274. The van der Waals surface area contributed by atoms with Crippen LogP contribution in [-0.4, -0.2) is 10.0 Å². The number of benzene rings is 1. The zero-order valence-electron chi connectivity index (χ0n) is 9.02. The first-order valence-electron chi connectivity index (χ1n) is 2.63. The van der Waals surface area contributed by atoms with Gasteiger partial charge in [0.1, 0.15) is 5.75 Å². The summed E-state index contributed by atoms with van der Waals surface area (Å²) in [6.07, 6.45) is 0. The maximum Gasteiger partial charge on any atom is 1.00 e. The number of aromatic hydroxyl groups is 1. The van der Waals surface area contributed by atoms with Gasteiger partial charge in [0.15, 0.2) is 0 Å². The van der Waals surface area contributed by atoms with E-state index in [-0.39, 0.29) is 73.4 Å². The van der Waals surface area contributed by atoms with E-state index in [9.17, 15) is 10.1 Å². The minimum atomic E-state index is -0.514. The number of nitrogens with zero attached hydrogens (tertiary/aromatic N) is 1. The number of nitro benzene ring substituents is 1. The number of hydrogen-bond donors (Lipinski definition) is 1. The Balaban J connectivity index is -0.000000125. The fourth-order valence-electron chi connectivity index (χ4n) is 0.574. The molecule has 0 bridgehead atoms. The minimum Gasteiger partial charge on any atom is -1.00 e. The van der Waals surface area contributed by atoms with Crippen LogP contribution in [0.1, 0.15) is 2.85 Å². The van der Waals surface area contributed by atoms with Crippen molar-refractivity contribution in [1.82, 2.24) is 0 Å². The number of phenols is 1. The van der Waals surface area contributed by atoms with Crippen molar-refractivity contribution in [2.45, 2.75) is 0 Å². The van der Waals surface area contributed by atoms with Crippen molar-refractivity contribution >= 4 is 5.69 Å². The molecular formula is C6H7NNa2O3. The van der Waals surface area contributed by atoms with Crippen LogP contribution in [0.4, 0.5) is 5.69 Å². The molecule has 0 radical (unpaired) electrons. The molecule has 0 aromatic heterocycles. The average molecular weight is 187 g/mol. The summed E-state index contributed by atoms with van der Waals surface area (Å²) in [6, 6.07) is 5.04. The van der Waals surface area contributed by atoms with E-state index in [0.717, 1.165) is 0 Å². The van der Waals surface area contributed by atoms with Crippen molar-refractivity contribution in [2.24, 2.45) is 0 Å². The van der Waals surface area contributed by atoms with Crippen molar-refractivity contribution in [3.05, 3.63) is 34.4 Å². The second-order valence-electron chi connectivity index (χ2n) is 1.77. The number of non-ortho nitro benzene ring substituents is 1. The SMILES string of the molecule is O=[N+]([O-])c1ccc(O)cc1.[H-].[H-].[Na+].[Na+]. The van der Waals surface area contributed by atoms with Gasteiger partial charge in [0.25, 0.3) is 5.69 Å². The molecule has 1 aromatic rings. The topological polar surface area (TPSA) is 63.4 Å². The van der Waals surface area contributed by atoms with Crippen LogP contribution in [0.5, 0.6) is 5.75 Å². The van der Waals surface area contributed by atoms with Crippen molar-refractivity contribution in [1.29, 1.82) is 0 Å². The monoisotopic (exact) mass is 187 g/mol. The van der Waals surface area contributed by atoms with Crippen LogP contribution < -0.4 is 59.1 Å². The van der Waals surface area contributed by atoms with E-state index < -0.39 is 4.92 Å². The summed E-state index contributed by atoms with van der Waals surface area (Å²) >= 11 is 0. The van der Waals surface area contributed by atoms with Gasteiger partial charge < -0.3 is 7.96 Å². The molecule has 0 aliphatic heterocycles. The Morgan fingerprint density at radius 2 is 1.67 bits per heavy atom. The van der Waals surface area contributed by atoms with Crippen molar-refractivity contribution < 1.29 is 72.0 Å². The Bertz CT molecular complexity index is 258. The van der Waals surface area contributed by atoms with Gasteiger partial charge in [0.05, 0.1) is 4.92 Å². The van der Waals surface area contributed by atoms with Crippen LogP contribution in [-0.2, 0) is 0 Å². The number of rotatable bonds is 1. The van der Waals surface area contributed by atoms with Gasteiger partial charge in [-0.3, -0.25) is 10.1 Å². The van der Waals surface area contributed by atoms with E-state index >= 15 is 0 Å². The normalized spacial score (nSPS) is 7.67. The number of phenolic OH excluding ortho intramolecular Hbond substituents is 1. The Kier molecular flexibility index (Phi) is 8.56. The van der Waals surface area contributed by atoms with Crippen LogP contribution >= 0.6 is 0 Å². The predicted molar refractivity (Wildman–Crippen MR) is 37.0 cm³/mol. The van der Waals surface area contributed by atoms with Gasteiger partial charge in [0.2, 0.25) is 0 Å². The Hall–Kier alpha value is 0.420. The standard InChI is InChI=1S/C6H5NO3.2Na.2H/c8-6-3-1-5(2-4-6)7(9)10;;;;/h1-4,8H;;;;/q;2*+1;2*-1. The fourth-order valence-corrected chi connectivity index (χ4v) is 0.574. The van der Waals surface area contributed by atoms with Crippen molar-refractivity contribution in [3.63, 3.8) is 0 Å². The summed E-state index contributed by atoms with van der Waals surface area (Å²) in [5.74, 6) is 0.0330. The molecule has 0 saturated heterocycles. The largest absolute Gasteiger partial charge is 1.00 e. The minimum absolute atomic E-state index is 0. The first-order valence-corrected chi connectivity index (χ1v) is 2.63. The zero-order valence-corrected chi connectivity index (χ0v) is 11.0. The van der Waals surface area contributed by atoms with Gasteiger partial charge >= 0.3 is 59.1 Å². The summed E-state index contributed by atoms with van der Waals surface area (Å²) in [4.78, 5) is 9.52. The average Bonchev–Trinajstić information content (AvgIpc) is 1.88. The summed E-state index contributed by atoms with van der Waals surface area (Å²) in [7, 11) is 0. The summed E-state index contributed by atoms with van der Waals surface area (Å²) in [5, 5.41) is 18.8. The smallest absolute Gasteiger partial charge is 1.00 e. The Labute approximate surface area is 117 Å². The predicted octanol–water partition coefficient (Wildman–Crippen LogP) is -4.47. The third-order valence-corrected chi connectivity index (χ3v) is 1.06. The number of hydrogen-bond acceptors (Lipinski definition) is 3. The molecule has 1 aromatic carbocycles. The van der Waals surface area contributed by atoms with E-state index in [4.69, 9.17) is 5.11 Å². The zero-order chi connectivity index (χ0) is 7.56.